The fourth-order valence-corrected chi connectivity index (χ4v) is 1.50. The molecular weight excluding hydrogens is 295 g/mol. The Morgan fingerprint density at radius 1 is 1.57 bits per heavy atom. The average molecular weight is 312 g/mol. The van der Waals surface area contributed by atoms with Gasteiger partial charge in [0.25, 0.3) is 0 Å². The molecule has 0 aromatic rings. The Balaban J connectivity index is 2.05. The van der Waals surface area contributed by atoms with E-state index in [1.54, 1.807) is 0 Å². The highest BCUT2D eigenvalue weighted by molar-refractivity contribution is 14.1. The molecule has 0 spiro atoms. The lowest BCUT2D eigenvalue weighted by Crippen LogP contribution is -2.44. The average Bonchev–Trinajstić information content (AvgIpc) is 2.19. The molecular formula is C9H17IN2O2. The first-order valence-electron chi connectivity index (χ1n) is 4.94. The second-order valence-electron chi connectivity index (χ2n) is 3.38. The number of rotatable bonds is 4. The van der Waals surface area contributed by atoms with Gasteiger partial charge in [-0.25, -0.2) is 0 Å². The van der Waals surface area contributed by atoms with Gasteiger partial charge in [0.15, 0.2) is 0 Å². The fraction of sp³-hybridized carbons (Fsp3) is 0.889. The topological polar surface area (TPSA) is 41.6 Å². The normalized spacial score (nSPS) is 20.4. The van der Waals surface area contributed by atoms with Gasteiger partial charge >= 0.3 is 5.97 Å². The summed E-state index contributed by atoms with van der Waals surface area (Å²) in [5, 5.41) is 3.28. The monoisotopic (exact) mass is 312 g/mol. The lowest BCUT2D eigenvalue weighted by atomic mass is 10.3. The molecule has 1 aliphatic heterocycles. The molecule has 1 rings (SSSR count). The highest BCUT2D eigenvalue weighted by Gasteiger charge is 2.12. The van der Waals surface area contributed by atoms with Crippen LogP contribution < -0.4 is 5.32 Å². The zero-order valence-electron chi connectivity index (χ0n) is 8.46. The third-order valence-electron chi connectivity index (χ3n) is 2.19. The molecule has 0 aromatic carbocycles. The van der Waals surface area contributed by atoms with Crippen LogP contribution in [0.2, 0.25) is 0 Å². The minimum absolute atomic E-state index is 0.0457. The molecule has 1 aliphatic rings. The van der Waals surface area contributed by atoms with Crippen LogP contribution in [0.15, 0.2) is 0 Å². The van der Waals surface area contributed by atoms with Gasteiger partial charge in [0.05, 0.1) is 0 Å². The molecule has 5 heteroatoms. The highest BCUT2D eigenvalue weighted by Crippen LogP contribution is 2.01. The Kier molecular flexibility index (Phi) is 5.73. The van der Waals surface area contributed by atoms with Crippen molar-refractivity contribution in [1.82, 2.24) is 10.2 Å². The standard InChI is InChI=1S/C9H17IN2O2/c1-8(10)9(13)14-7-6-12-4-2-11-3-5-12/h8,11H,2-7H2,1H3. The summed E-state index contributed by atoms with van der Waals surface area (Å²) in [6.07, 6.45) is 0. The summed E-state index contributed by atoms with van der Waals surface area (Å²) in [5.41, 5.74) is 0. The van der Waals surface area contributed by atoms with E-state index in [0.717, 1.165) is 32.7 Å². The van der Waals surface area contributed by atoms with Crippen LogP contribution in [-0.2, 0) is 9.53 Å². The summed E-state index contributed by atoms with van der Waals surface area (Å²) in [7, 11) is 0. The summed E-state index contributed by atoms with van der Waals surface area (Å²) in [4.78, 5) is 13.4. The predicted molar refractivity (Wildman–Crippen MR) is 63.8 cm³/mol. The molecule has 82 valence electrons. The molecule has 1 saturated heterocycles. The molecule has 0 saturated carbocycles. The van der Waals surface area contributed by atoms with Crippen molar-refractivity contribution < 1.29 is 9.53 Å². The van der Waals surface area contributed by atoms with Crippen LogP contribution in [0, 0.1) is 0 Å². The molecule has 0 amide bonds. The Morgan fingerprint density at radius 3 is 2.79 bits per heavy atom. The molecule has 0 bridgehead atoms. The maximum Gasteiger partial charge on any atom is 0.318 e. The van der Waals surface area contributed by atoms with Crippen molar-refractivity contribution in [3.8, 4) is 0 Å². The number of carbonyl (C=O) groups excluding carboxylic acids is 1. The van der Waals surface area contributed by atoms with Gasteiger partial charge < -0.3 is 10.1 Å². The number of nitrogens with zero attached hydrogens (tertiary/aromatic N) is 1. The Bertz CT molecular complexity index is 182. The summed E-state index contributed by atoms with van der Waals surface area (Å²) < 4.78 is 5.05. The number of piperazine rings is 1. The van der Waals surface area contributed by atoms with E-state index in [4.69, 9.17) is 4.74 Å². The van der Waals surface area contributed by atoms with Crippen molar-refractivity contribution >= 4 is 28.6 Å². The maximum absolute atomic E-state index is 11.1. The van der Waals surface area contributed by atoms with Crippen molar-refractivity contribution in [2.45, 2.75) is 10.8 Å². The lowest BCUT2D eigenvalue weighted by Gasteiger charge is -2.26. The van der Waals surface area contributed by atoms with Crippen molar-refractivity contribution in [1.29, 1.82) is 0 Å². The number of carbonyl (C=O) groups is 1. The van der Waals surface area contributed by atoms with Crippen LogP contribution in [0.5, 0.6) is 0 Å². The molecule has 1 unspecified atom stereocenters. The van der Waals surface area contributed by atoms with Gasteiger partial charge in [-0.15, -0.1) is 0 Å². The number of esters is 1. The maximum atomic E-state index is 11.1. The predicted octanol–water partition coefficient (Wildman–Crippen LogP) is 0.258. The molecule has 1 fully saturated rings. The number of ether oxygens (including phenoxy) is 1. The number of hydrogen-bond acceptors (Lipinski definition) is 4. The molecule has 1 N–H and O–H groups in total. The van der Waals surface area contributed by atoms with E-state index in [-0.39, 0.29) is 9.89 Å². The van der Waals surface area contributed by atoms with Gasteiger partial charge in [-0.1, -0.05) is 22.6 Å². The lowest BCUT2D eigenvalue weighted by molar-refractivity contribution is -0.142. The Labute approximate surface area is 98.5 Å². The minimum atomic E-state index is -0.110. The molecule has 1 atom stereocenters. The van der Waals surface area contributed by atoms with Crippen LogP contribution in [0.3, 0.4) is 0 Å². The molecule has 0 aromatic heterocycles. The van der Waals surface area contributed by atoms with E-state index in [2.05, 4.69) is 32.8 Å². The van der Waals surface area contributed by atoms with Crippen molar-refractivity contribution in [3.05, 3.63) is 0 Å². The first-order chi connectivity index (χ1) is 6.70. The van der Waals surface area contributed by atoms with Crippen LogP contribution in [0.25, 0.3) is 0 Å². The third-order valence-corrected chi connectivity index (χ3v) is 2.69. The minimum Gasteiger partial charge on any atom is -0.464 e. The zero-order chi connectivity index (χ0) is 10.4. The van der Waals surface area contributed by atoms with Crippen molar-refractivity contribution in [2.75, 3.05) is 39.3 Å². The largest absolute Gasteiger partial charge is 0.464 e. The van der Waals surface area contributed by atoms with E-state index in [1.807, 2.05) is 6.92 Å². The van der Waals surface area contributed by atoms with Crippen molar-refractivity contribution in [2.24, 2.45) is 0 Å². The first-order valence-corrected chi connectivity index (χ1v) is 6.18. The second-order valence-corrected chi connectivity index (χ2v) is 5.24. The summed E-state index contributed by atoms with van der Waals surface area (Å²) in [6.45, 7) is 7.40. The first kappa shape index (κ1) is 12.2. The van der Waals surface area contributed by atoms with Crippen LogP contribution >= 0.6 is 22.6 Å². The van der Waals surface area contributed by atoms with Crippen LogP contribution in [0.1, 0.15) is 6.92 Å². The Morgan fingerprint density at radius 2 is 2.21 bits per heavy atom. The highest BCUT2D eigenvalue weighted by atomic mass is 127. The zero-order valence-corrected chi connectivity index (χ0v) is 10.6. The van der Waals surface area contributed by atoms with E-state index in [1.165, 1.54) is 0 Å². The van der Waals surface area contributed by atoms with Gasteiger partial charge in [0.2, 0.25) is 0 Å². The Hall–Kier alpha value is 0.120. The smallest absolute Gasteiger partial charge is 0.318 e. The van der Waals surface area contributed by atoms with Gasteiger partial charge in [-0.3, -0.25) is 9.69 Å². The van der Waals surface area contributed by atoms with Gasteiger partial charge in [-0.05, 0) is 6.92 Å². The van der Waals surface area contributed by atoms with E-state index in [0.29, 0.717) is 6.61 Å². The van der Waals surface area contributed by atoms with Gasteiger partial charge in [0, 0.05) is 32.7 Å². The van der Waals surface area contributed by atoms with E-state index < -0.39 is 0 Å². The molecule has 4 nitrogen and oxygen atoms in total. The molecule has 0 aliphatic carbocycles. The SMILES string of the molecule is CC(I)C(=O)OCCN1CCNCC1. The molecule has 0 radical (unpaired) electrons. The van der Waals surface area contributed by atoms with Crippen LogP contribution in [-0.4, -0.2) is 54.1 Å². The number of hydrogen-bond donors (Lipinski definition) is 1. The number of alkyl halides is 1. The molecule has 1 heterocycles. The quantitative estimate of drug-likeness (QED) is 0.459. The number of nitrogens with one attached hydrogen (secondary N) is 1. The van der Waals surface area contributed by atoms with E-state index in [9.17, 15) is 4.79 Å². The summed E-state index contributed by atoms with van der Waals surface area (Å²) >= 11 is 2.06. The van der Waals surface area contributed by atoms with Gasteiger partial charge in [-0.2, -0.15) is 0 Å². The van der Waals surface area contributed by atoms with Gasteiger partial charge in [0.1, 0.15) is 10.5 Å². The summed E-state index contributed by atoms with van der Waals surface area (Å²) in [6, 6.07) is 0. The molecule has 14 heavy (non-hydrogen) atoms. The fourth-order valence-electron chi connectivity index (χ4n) is 1.32. The third kappa shape index (κ3) is 4.56. The summed E-state index contributed by atoms with van der Waals surface area (Å²) in [5.74, 6) is -0.110. The van der Waals surface area contributed by atoms with Crippen LogP contribution in [0.4, 0.5) is 0 Å². The number of halogens is 1. The van der Waals surface area contributed by atoms with E-state index >= 15 is 0 Å². The van der Waals surface area contributed by atoms with Crippen molar-refractivity contribution in [3.63, 3.8) is 0 Å². The second kappa shape index (κ2) is 6.58.